The Morgan fingerprint density at radius 3 is 2.75 bits per heavy atom. The number of carbonyl (C=O) groups excluding carboxylic acids is 1. The topological polar surface area (TPSA) is 71.2 Å². The second-order valence-corrected chi connectivity index (χ2v) is 4.16. The van der Waals surface area contributed by atoms with Gasteiger partial charge < -0.3 is 16.0 Å². The number of aromatic nitrogens is 1. The summed E-state index contributed by atoms with van der Waals surface area (Å²) in [4.78, 5) is 13.8. The van der Waals surface area contributed by atoms with Gasteiger partial charge >= 0.3 is 0 Å². The van der Waals surface area contributed by atoms with E-state index in [1.165, 1.54) is 11.5 Å². The van der Waals surface area contributed by atoms with E-state index in [1.807, 2.05) is 0 Å². The number of anilines is 2. The average Bonchev–Trinajstić information content (AvgIpc) is 2.67. The molecule has 90 valence electrons. The minimum Gasteiger partial charge on any atom is -0.382 e. The average molecular weight is 242 g/mol. The second kappa shape index (κ2) is 5.69. The van der Waals surface area contributed by atoms with Crippen LogP contribution in [0.4, 0.5) is 10.8 Å². The largest absolute Gasteiger partial charge is 0.382 e. The van der Waals surface area contributed by atoms with Crippen molar-refractivity contribution in [1.82, 2.24) is 9.69 Å². The zero-order valence-corrected chi connectivity index (χ0v) is 10.7. The zero-order valence-electron chi connectivity index (χ0n) is 9.91. The van der Waals surface area contributed by atoms with Crippen molar-refractivity contribution < 1.29 is 4.79 Å². The van der Waals surface area contributed by atoms with E-state index < -0.39 is 0 Å². The molecule has 0 aromatic carbocycles. The highest BCUT2D eigenvalue weighted by Crippen LogP contribution is 2.30. The maximum Gasteiger partial charge on any atom is 0.257 e. The highest BCUT2D eigenvalue weighted by Gasteiger charge is 2.21. The van der Waals surface area contributed by atoms with E-state index in [2.05, 4.69) is 28.4 Å². The monoisotopic (exact) mass is 242 g/mol. The fraction of sp³-hybridized carbons (Fsp3) is 0.600. The first-order chi connectivity index (χ1) is 7.65. The van der Waals surface area contributed by atoms with Crippen LogP contribution in [0.3, 0.4) is 0 Å². The summed E-state index contributed by atoms with van der Waals surface area (Å²) in [5, 5.41) is 3.45. The number of nitrogens with zero attached hydrogens (tertiary/aromatic N) is 2. The van der Waals surface area contributed by atoms with Crippen LogP contribution in [0.2, 0.25) is 0 Å². The molecule has 0 aliphatic heterocycles. The van der Waals surface area contributed by atoms with Crippen LogP contribution in [-0.4, -0.2) is 30.4 Å². The third-order valence-electron chi connectivity index (χ3n) is 2.32. The molecule has 1 amide bonds. The predicted octanol–water partition coefficient (Wildman–Crippen LogP) is 1.32. The summed E-state index contributed by atoms with van der Waals surface area (Å²) in [5.41, 5.74) is 6.22. The van der Waals surface area contributed by atoms with Crippen LogP contribution in [0.15, 0.2) is 0 Å². The molecule has 0 bridgehead atoms. The lowest BCUT2D eigenvalue weighted by atomic mass is 10.2. The lowest BCUT2D eigenvalue weighted by Gasteiger charge is -2.20. The Balaban J connectivity index is 3.07. The third-order valence-corrected chi connectivity index (χ3v) is 3.24. The minimum atomic E-state index is -0.171. The highest BCUT2D eigenvalue weighted by atomic mass is 32.1. The Morgan fingerprint density at radius 2 is 2.25 bits per heavy atom. The molecule has 16 heavy (non-hydrogen) atoms. The first-order valence-electron chi connectivity index (χ1n) is 5.37. The van der Waals surface area contributed by atoms with Gasteiger partial charge in [-0.3, -0.25) is 4.79 Å². The van der Waals surface area contributed by atoms with Crippen molar-refractivity contribution in [2.75, 3.05) is 30.8 Å². The van der Waals surface area contributed by atoms with Crippen molar-refractivity contribution in [3.63, 3.8) is 0 Å². The van der Waals surface area contributed by atoms with E-state index in [0.717, 1.165) is 24.5 Å². The molecule has 0 saturated carbocycles. The summed E-state index contributed by atoms with van der Waals surface area (Å²) in [7, 11) is 1.60. The van der Waals surface area contributed by atoms with Crippen molar-refractivity contribution in [3.8, 4) is 0 Å². The summed E-state index contributed by atoms with van der Waals surface area (Å²) >= 11 is 1.28. The molecule has 1 aromatic heterocycles. The van der Waals surface area contributed by atoms with Crippen LogP contribution in [0.25, 0.3) is 0 Å². The van der Waals surface area contributed by atoms with E-state index in [9.17, 15) is 4.79 Å². The smallest absolute Gasteiger partial charge is 0.257 e. The first-order valence-corrected chi connectivity index (χ1v) is 6.15. The maximum absolute atomic E-state index is 11.7. The molecular weight excluding hydrogens is 224 g/mol. The number of amides is 1. The van der Waals surface area contributed by atoms with Crippen molar-refractivity contribution in [2.45, 2.75) is 20.3 Å². The van der Waals surface area contributed by atoms with Gasteiger partial charge in [-0.25, -0.2) is 0 Å². The molecule has 3 N–H and O–H groups in total. The predicted molar refractivity (Wildman–Crippen MR) is 68.1 cm³/mol. The summed E-state index contributed by atoms with van der Waals surface area (Å²) < 4.78 is 4.05. The Morgan fingerprint density at radius 1 is 1.56 bits per heavy atom. The quantitative estimate of drug-likeness (QED) is 0.817. The maximum atomic E-state index is 11.7. The van der Waals surface area contributed by atoms with Crippen molar-refractivity contribution in [1.29, 1.82) is 0 Å². The molecule has 0 fully saturated rings. The molecule has 1 rings (SSSR count). The lowest BCUT2D eigenvalue weighted by Crippen LogP contribution is -2.27. The van der Waals surface area contributed by atoms with E-state index in [-0.39, 0.29) is 5.91 Å². The lowest BCUT2D eigenvalue weighted by molar-refractivity contribution is 0.0964. The first kappa shape index (κ1) is 12.8. The van der Waals surface area contributed by atoms with Gasteiger partial charge in [-0.05, 0) is 24.9 Å². The molecule has 0 saturated heterocycles. The van der Waals surface area contributed by atoms with Gasteiger partial charge in [0, 0.05) is 20.1 Å². The SMILES string of the molecule is CCCN(CC)c1snc(N)c1C(=O)NC. The van der Waals surface area contributed by atoms with Gasteiger partial charge in [0.2, 0.25) is 0 Å². The number of nitrogens with two attached hydrogens (primary N) is 1. The van der Waals surface area contributed by atoms with E-state index >= 15 is 0 Å². The van der Waals surface area contributed by atoms with Crippen LogP contribution >= 0.6 is 11.5 Å². The molecule has 0 spiro atoms. The fourth-order valence-electron chi connectivity index (χ4n) is 1.52. The summed E-state index contributed by atoms with van der Waals surface area (Å²) in [6.45, 7) is 5.91. The molecule has 0 aliphatic carbocycles. The van der Waals surface area contributed by atoms with E-state index in [4.69, 9.17) is 5.73 Å². The van der Waals surface area contributed by atoms with Crippen LogP contribution in [0.1, 0.15) is 30.6 Å². The normalized spacial score (nSPS) is 10.2. The van der Waals surface area contributed by atoms with Gasteiger partial charge in [0.05, 0.1) is 0 Å². The molecule has 0 unspecified atom stereocenters. The number of hydrogen-bond acceptors (Lipinski definition) is 5. The van der Waals surface area contributed by atoms with Crippen LogP contribution in [0, 0.1) is 0 Å². The molecule has 0 aliphatic rings. The van der Waals surface area contributed by atoms with Crippen molar-refractivity contribution in [2.24, 2.45) is 0 Å². The summed E-state index contributed by atoms with van der Waals surface area (Å²) in [6.07, 6.45) is 1.03. The standard InChI is InChI=1S/C10H18N4OS/c1-4-6-14(5-2)10-7(9(15)12-3)8(11)13-16-10/h4-6H2,1-3H3,(H2,11,13)(H,12,15). The number of hydrogen-bond donors (Lipinski definition) is 2. The fourth-order valence-corrected chi connectivity index (χ4v) is 2.42. The highest BCUT2D eigenvalue weighted by molar-refractivity contribution is 7.11. The molecule has 1 aromatic rings. The number of rotatable bonds is 5. The molecule has 0 atom stereocenters. The van der Waals surface area contributed by atoms with Crippen LogP contribution < -0.4 is 16.0 Å². The van der Waals surface area contributed by atoms with Crippen molar-refractivity contribution in [3.05, 3.63) is 5.56 Å². The van der Waals surface area contributed by atoms with Gasteiger partial charge in [0.25, 0.3) is 5.91 Å². The van der Waals surface area contributed by atoms with Gasteiger partial charge in [0.15, 0.2) is 5.82 Å². The zero-order chi connectivity index (χ0) is 12.1. The van der Waals surface area contributed by atoms with Gasteiger partial charge in [-0.2, -0.15) is 4.37 Å². The van der Waals surface area contributed by atoms with Gasteiger partial charge in [-0.15, -0.1) is 0 Å². The Kier molecular flexibility index (Phi) is 4.54. The number of nitrogen functional groups attached to an aromatic ring is 1. The molecule has 6 heteroatoms. The van der Waals surface area contributed by atoms with E-state index in [0.29, 0.717) is 11.4 Å². The third kappa shape index (κ3) is 2.44. The van der Waals surface area contributed by atoms with E-state index in [1.54, 1.807) is 7.05 Å². The number of nitrogens with one attached hydrogen (secondary N) is 1. The van der Waals surface area contributed by atoms with Crippen molar-refractivity contribution >= 4 is 28.3 Å². The van der Waals surface area contributed by atoms with Crippen LogP contribution in [0.5, 0.6) is 0 Å². The molecule has 0 radical (unpaired) electrons. The molecule has 1 heterocycles. The minimum absolute atomic E-state index is 0.171. The van der Waals surface area contributed by atoms with Gasteiger partial charge in [-0.1, -0.05) is 6.92 Å². The molecule has 5 nitrogen and oxygen atoms in total. The van der Waals surface area contributed by atoms with Crippen LogP contribution in [-0.2, 0) is 0 Å². The summed E-state index contributed by atoms with van der Waals surface area (Å²) in [5.74, 6) is 0.143. The van der Waals surface area contributed by atoms with Gasteiger partial charge in [0.1, 0.15) is 10.6 Å². The molecular formula is C10H18N4OS. The second-order valence-electron chi connectivity index (χ2n) is 3.41. The number of carbonyl (C=O) groups is 1. The summed E-state index contributed by atoms with van der Waals surface area (Å²) in [6, 6.07) is 0. The Hall–Kier alpha value is -1.30. The Bertz CT molecular complexity index is 364. The Labute approximate surface area is 99.8 Å².